The molecule has 0 spiro atoms. The van der Waals surface area contributed by atoms with E-state index in [4.69, 9.17) is 4.42 Å². The van der Waals surface area contributed by atoms with Crippen LogP contribution in [0.15, 0.2) is 34.9 Å². The number of nitrogens with zero attached hydrogens (tertiary/aromatic N) is 1. The highest BCUT2D eigenvalue weighted by Crippen LogP contribution is 2.47. The first-order valence-corrected chi connectivity index (χ1v) is 6.57. The lowest BCUT2D eigenvalue weighted by Crippen LogP contribution is -2.38. The van der Waals surface area contributed by atoms with Crippen LogP contribution in [0.3, 0.4) is 0 Å². The summed E-state index contributed by atoms with van der Waals surface area (Å²) in [6.07, 6.45) is 3.59. The van der Waals surface area contributed by atoms with E-state index in [1.54, 1.807) is 11.2 Å². The molecule has 0 radical (unpaired) electrons. The van der Waals surface area contributed by atoms with Crippen molar-refractivity contribution in [3.63, 3.8) is 0 Å². The monoisotopic (exact) mass is 258 g/mol. The van der Waals surface area contributed by atoms with Crippen LogP contribution >= 0.6 is 0 Å². The third kappa shape index (κ3) is 1.92. The molecule has 1 N–H and O–H groups in total. The molecule has 0 atom stereocenters. The zero-order valence-corrected chi connectivity index (χ0v) is 11.3. The van der Waals surface area contributed by atoms with Crippen molar-refractivity contribution < 1.29 is 9.21 Å². The van der Waals surface area contributed by atoms with Gasteiger partial charge in [-0.15, -0.1) is 0 Å². The summed E-state index contributed by atoms with van der Waals surface area (Å²) in [6, 6.07) is 7.79. The van der Waals surface area contributed by atoms with E-state index in [0.29, 0.717) is 0 Å². The van der Waals surface area contributed by atoms with E-state index in [9.17, 15) is 4.79 Å². The molecule has 2 aromatic rings. The van der Waals surface area contributed by atoms with Gasteiger partial charge >= 0.3 is 0 Å². The lowest BCUT2D eigenvalue weighted by molar-refractivity contribution is -0.123. The van der Waals surface area contributed by atoms with Gasteiger partial charge in [0.1, 0.15) is 11.8 Å². The summed E-state index contributed by atoms with van der Waals surface area (Å²) in [6.45, 7) is 0.742. The Hall–Kier alpha value is -1.81. The zero-order valence-electron chi connectivity index (χ0n) is 11.3. The Labute approximate surface area is 112 Å². The van der Waals surface area contributed by atoms with Gasteiger partial charge in [0, 0.05) is 19.0 Å². The van der Waals surface area contributed by atoms with E-state index in [0.717, 1.165) is 36.0 Å². The number of hydrogen-bond donors (Lipinski definition) is 1. The summed E-state index contributed by atoms with van der Waals surface area (Å²) in [7, 11) is 3.72. The van der Waals surface area contributed by atoms with Crippen LogP contribution in [0.2, 0.25) is 0 Å². The molecule has 1 saturated carbocycles. The standard InChI is InChI=1S/C15H18N2O2/c1-16-10-15(7-8-15)14(18)17(2)12-9-19-13-6-4-3-5-11(12)13/h3-6,9,16H,7-8,10H2,1-2H3. The molecular formula is C15H18N2O2. The first-order valence-electron chi connectivity index (χ1n) is 6.57. The Morgan fingerprint density at radius 1 is 1.42 bits per heavy atom. The Kier molecular flexibility index (Phi) is 2.82. The molecule has 0 aliphatic heterocycles. The Bertz CT molecular complexity index is 613. The van der Waals surface area contributed by atoms with E-state index in [2.05, 4.69) is 5.32 Å². The number of rotatable bonds is 4. The van der Waals surface area contributed by atoms with E-state index >= 15 is 0 Å². The number of hydrogen-bond acceptors (Lipinski definition) is 3. The maximum Gasteiger partial charge on any atom is 0.234 e. The summed E-state index contributed by atoms with van der Waals surface area (Å²) < 4.78 is 5.50. The van der Waals surface area contributed by atoms with Crippen molar-refractivity contribution in [1.29, 1.82) is 0 Å². The minimum Gasteiger partial charge on any atom is -0.462 e. The van der Waals surface area contributed by atoms with E-state index in [1.165, 1.54) is 0 Å². The van der Waals surface area contributed by atoms with Gasteiger partial charge in [-0.1, -0.05) is 12.1 Å². The summed E-state index contributed by atoms with van der Waals surface area (Å²) in [4.78, 5) is 14.3. The van der Waals surface area contributed by atoms with Gasteiger partial charge in [0.15, 0.2) is 0 Å². The third-order valence-corrected chi connectivity index (χ3v) is 3.95. The minimum atomic E-state index is -0.206. The van der Waals surface area contributed by atoms with Crippen molar-refractivity contribution in [1.82, 2.24) is 5.32 Å². The number of fused-ring (bicyclic) bond motifs is 1. The molecule has 4 nitrogen and oxygen atoms in total. The van der Waals surface area contributed by atoms with Crippen LogP contribution in [0.1, 0.15) is 12.8 Å². The number of carbonyl (C=O) groups is 1. The largest absolute Gasteiger partial charge is 0.462 e. The lowest BCUT2D eigenvalue weighted by atomic mass is 10.1. The quantitative estimate of drug-likeness (QED) is 0.916. The number of nitrogens with one attached hydrogen (secondary N) is 1. The van der Waals surface area contributed by atoms with Gasteiger partial charge < -0.3 is 14.6 Å². The van der Waals surface area contributed by atoms with Crippen LogP contribution in [-0.2, 0) is 4.79 Å². The summed E-state index contributed by atoms with van der Waals surface area (Å²) in [5.74, 6) is 0.174. The van der Waals surface area contributed by atoms with Crippen molar-refractivity contribution >= 4 is 22.6 Å². The highest BCUT2D eigenvalue weighted by molar-refractivity contribution is 6.05. The summed E-state index contributed by atoms with van der Waals surface area (Å²) >= 11 is 0. The molecule has 1 aromatic carbocycles. The molecule has 1 aromatic heterocycles. The topological polar surface area (TPSA) is 45.5 Å². The molecule has 100 valence electrons. The number of benzene rings is 1. The van der Waals surface area contributed by atoms with Gasteiger partial charge in [-0.3, -0.25) is 4.79 Å². The Morgan fingerprint density at radius 2 is 2.16 bits per heavy atom. The van der Waals surface area contributed by atoms with Crippen molar-refractivity contribution in [2.24, 2.45) is 5.41 Å². The predicted molar refractivity (Wildman–Crippen MR) is 75.2 cm³/mol. The third-order valence-electron chi connectivity index (χ3n) is 3.95. The molecular weight excluding hydrogens is 240 g/mol. The fourth-order valence-electron chi connectivity index (χ4n) is 2.64. The molecule has 3 rings (SSSR count). The van der Waals surface area contributed by atoms with Gasteiger partial charge in [0.25, 0.3) is 0 Å². The van der Waals surface area contributed by atoms with Crippen molar-refractivity contribution in [3.8, 4) is 0 Å². The number of anilines is 1. The maximum absolute atomic E-state index is 12.6. The molecule has 1 aliphatic rings. The average molecular weight is 258 g/mol. The van der Waals surface area contributed by atoms with Crippen LogP contribution in [0.5, 0.6) is 0 Å². The molecule has 0 unspecified atom stereocenters. The second-order valence-electron chi connectivity index (χ2n) is 5.29. The average Bonchev–Trinajstić information content (AvgIpc) is 3.09. The smallest absolute Gasteiger partial charge is 0.234 e. The van der Waals surface area contributed by atoms with E-state index < -0.39 is 0 Å². The fourth-order valence-corrected chi connectivity index (χ4v) is 2.64. The molecule has 1 fully saturated rings. The highest BCUT2D eigenvalue weighted by Gasteiger charge is 2.50. The van der Waals surface area contributed by atoms with Gasteiger partial charge in [-0.05, 0) is 32.0 Å². The molecule has 4 heteroatoms. The number of furan rings is 1. The van der Waals surface area contributed by atoms with Gasteiger partial charge in [-0.2, -0.15) is 0 Å². The van der Waals surface area contributed by atoms with Crippen LogP contribution in [0.25, 0.3) is 11.0 Å². The first-order chi connectivity index (χ1) is 9.18. The second-order valence-corrected chi connectivity index (χ2v) is 5.29. The Morgan fingerprint density at radius 3 is 2.84 bits per heavy atom. The molecule has 1 aliphatic carbocycles. The van der Waals surface area contributed by atoms with Crippen molar-refractivity contribution in [3.05, 3.63) is 30.5 Å². The summed E-state index contributed by atoms with van der Waals surface area (Å²) in [5, 5.41) is 4.10. The SMILES string of the molecule is CNCC1(C(=O)N(C)c2coc3ccccc23)CC1. The summed E-state index contributed by atoms with van der Waals surface area (Å²) in [5.41, 5.74) is 1.46. The normalized spacial score (nSPS) is 16.5. The van der Waals surface area contributed by atoms with Crippen LogP contribution in [0, 0.1) is 5.41 Å². The predicted octanol–water partition coefficient (Wildman–Crippen LogP) is 2.40. The fraction of sp³-hybridized carbons (Fsp3) is 0.400. The number of para-hydroxylation sites is 1. The van der Waals surface area contributed by atoms with Crippen molar-refractivity contribution in [2.75, 3.05) is 25.5 Å². The molecule has 0 saturated heterocycles. The Balaban J connectivity index is 1.92. The number of carbonyl (C=O) groups excluding carboxylic acids is 1. The minimum absolute atomic E-state index is 0.174. The van der Waals surface area contributed by atoms with Gasteiger partial charge in [-0.25, -0.2) is 0 Å². The van der Waals surface area contributed by atoms with Crippen molar-refractivity contribution in [2.45, 2.75) is 12.8 Å². The van der Waals surface area contributed by atoms with Gasteiger partial charge in [0.05, 0.1) is 11.1 Å². The van der Waals surface area contributed by atoms with Crippen LogP contribution < -0.4 is 10.2 Å². The lowest BCUT2D eigenvalue weighted by Gasteiger charge is -2.22. The molecule has 1 amide bonds. The van der Waals surface area contributed by atoms with Gasteiger partial charge in [0.2, 0.25) is 5.91 Å². The second kappa shape index (κ2) is 4.38. The molecule has 1 heterocycles. The highest BCUT2D eigenvalue weighted by atomic mass is 16.3. The maximum atomic E-state index is 12.6. The van der Waals surface area contributed by atoms with Crippen LogP contribution in [0.4, 0.5) is 5.69 Å². The van der Waals surface area contributed by atoms with Crippen LogP contribution in [-0.4, -0.2) is 26.5 Å². The van der Waals surface area contributed by atoms with E-state index in [1.807, 2.05) is 38.4 Å². The van der Waals surface area contributed by atoms with E-state index in [-0.39, 0.29) is 11.3 Å². The molecule has 0 bridgehead atoms. The molecule has 19 heavy (non-hydrogen) atoms. The zero-order chi connectivity index (χ0) is 13.5. The number of amides is 1. The first kappa shape index (κ1) is 12.2.